The van der Waals surface area contributed by atoms with Crippen molar-refractivity contribution in [3.63, 3.8) is 0 Å². The molecule has 1 aliphatic heterocycles. The molecule has 2 heterocycles. The lowest BCUT2D eigenvalue weighted by Gasteiger charge is -2.31. The van der Waals surface area contributed by atoms with Gasteiger partial charge in [0.2, 0.25) is 5.95 Å². The minimum atomic E-state index is 0.424. The monoisotopic (exact) mass is 414 g/mol. The summed E-state index contributed by atoms with van der Waals surface area (Å²) in [5, 5.41) is 16.2. The Kier molecular flexibility index (Phi) is 4.61. The predicted octanol–water partition coefficient (Wildman–Crippen LogP) is 4.57. The van der Waals surface area contributed by atoms with Crippen LogP contribution in [0.4, 0.5) is 11.6 Å². The normalized spacial score (nSPS) is 20.7. The highest BCUT2D eigenvalue weighted by atomic mass is 35.5. The average molecular weight is 415 g/mol. The number of para-hydroxylation sites is 1. The smallest absolute Gasteiger partial charge is 0.248 e. The zero-order chi connectivity index (χ0) is 19.1. The van der Waals surface area contributed by atoms with E-state index in [9.17, 15) is 0 Å². The first-order chi connectivity index (χ1) is 13.7. The number of piperidine rings is 1. The number of fused-ring (bicyclic) bond motifs is 2. The van der Waals surface area contributed by atoms with Gasteiger partial charge in [-0.05, 0) is 59.4 Å². The number of nitrogens with zero attached hydrogens (tertiary/aromatic N) is 5. The van der Waals surface area contributed by atoms with Crippen LogP contribution in [-0.2, 0) is 6.54 Å². The van der Waals surface area contributed by atoms with Gasteiger partial charge in [0.15, 0.2) is 0 Å². The summed E-state index contributed by atoms with van der Waals surface area (Å²) >= 11 is 12.5. The van der Waals surface area contributed by atoms with E-state index in [-0.39, 0.29) is 0 Å². The van der Waals surface area contributed by atoms with Gasteiger partial charge in [-0.25, -0.2) is 0 Å². The summed E-state index contributed by atoms with van der Waals surface area (Å²) in [7, 11) is 0. The number of rotatable bonds is 5. The quantitative estimate of drug-likeness (QED) is 0.662. The molecule has 3 aromatic rings. The van der Waals surface area contributed by atoms with Gasteiger partial charge >= 0.3 is 0 Å². The Bertz CT molecular complexity index is 1000. The van der Waals surface area contributed by atoms with Gasteiger partial charge in [-0.3, -0.25) is 0 Å². The van der Waals surface area contributed by atoms with Crippen molar-refractivity contribution in [2.45, 2.75) is 31.8 Å². The molecular weight excluding hydrogens is 395 g/mol. The fourth-order valence-corrected chi connectivity index (χ4v) is 4.83. The van der Waals surface area contributed by atoms with E-state index in [2.05, 4.69) is 50.0 Å². The molecule has 5 rings (SSSR count). The van der Waals surface area contributed by atoms with Gasteiger partial charge in [0.25, 0.3) is 0 Å². The minimum Gasteiger partial charge on any atom is -0.368 e. The van der Waals surface area contributed by atoms with E-state index in [4.69, 9.17) is 23.2 Å². The van der Waals surface area contributed by atoms with Gasteiger partial charge in [-0.1, -0.05) is 52.6 Å². The zero-order valence-corrected chi connectivity index (χ0v) is 16.7. The first-order valence-electron chi connectivity index (χ1n) is 9.52. The number of tetrazole rings is 1. The van der Waals surface area contributed by atoms with Crippen molar-refractivity contribution in [2.24, 2.45) is 5.92 Å². The molecule has 2 aromatic carbocycles. The molecule has 144 valence electrons. The Balaban J connectivity index is 1.39. The Hall–Kier alpha value is -2.31. The zero-order valence-electron chi connectivity index (χ0n) is 15.2. The number of anilines is 2. The standard InChI is InChI=1S/C20H20Cl2N6/c21-16-5-3-7-18(19(16)22)28-20(24-25-26-28)23-11-14-4-1-2-6-17(14)27-12-13-8-9-15(27)10-13/h1-7,13,15H,8-12H2,(H,23,24,26). The lowest BCUT2D eigenvalue weighted by Crippen LogP contribution is -2.32. The third kappa shape index (κ3) is 3.10. The highest BCUT2D eigenvalue weighted by molar-refractivity contribution is 6.43. The first-order valence-corrected chi connectivity index (χ1v) is 10.3. The van der Waals surface area contributed by atoms with Crippen LogP contribution in [0, 0.1) is 5.92 Å². The maximum atomic E-state index is 6.34. The van der Waals surface area contributed by atoms with E-state index in [1.165, 1.54) is 30.5 Å². The molecule has 28 heavy (non-hydrogen) atoms. The van der Waals surface area contributed by atoms with Crippen molar-refractivity contribution in [1.29, 1.82) is 0 Å². The van der Waals surface area contributed by atoms with Crippen LogP contribution in [0.3, 0.4) is 0 Å². The van der Waals surface area contributed by atoms with Crippen LogP contribution in [0.2, 0.25) is 10.0 Å². The summed E-state index contributed by atoms with van der Waals surface area (Å²) in [4.78, 5) is 2.57. The van der Waals surface area contributed by atoms with Gasteiger partial charge in [-0.15, -0.1) is 0 Å². The SMILES string of the molecule is Clc1cccc(-n2nnnc2NCc2ccccc2N2CC3CCC2C3)c1Cl. The molecule has 0 radical (unpaired) electrons. The molecule has 2 atom stereocenters. The molecular formula is C20H20Cl2N6. The molecule has 6 nitrogen and oxygen atoms in total. The average Bonchev–Trinajstić information content (AvgIpc) is 3.46. The summed E-state index contributed by atoms with van der Waals surface area (Å²) in [6.45, 7) is 1.79. The van der Waals surface area contributed by atoms with Crippen LogP contribution >= 0.6 is 23.2 Å². The maximum Gasteiger partial charge on any atom is 0.248 e. The van der Waals surface area contributed by atoms with Crippen LogP contribution in [0.1, 0.15) is 24.8 Å². The number of benzene rings is 2. The molecule has 1 aliphatic carbocycles. The van der Waals surface area contributed by atoms with E-state index < -0.39 is 0 Å². The topological polar surface area (TPSA) is 58.9 Å². The number of aromatic nitrogens is 4. The Morgan fingerprint density at radius 3 is 2.71 bits per heavy atom. The summed E-state index contributed by atoms with van der Waals surface area (Å²) in [6.07, 6.45) is 4.00. The molecule has 8 heteroatoms. The van der Waals surface area contributed by atoms with Crippen molar-refractivity contribution in [3.05, 3.63) is 58.1 Å². The lowest BCUT2D eigenvalue weighted by atomic mass is 10.1. The molecule has 1 saturated carbocycles. The fraction of sp³-hybridized carbons (Fsp3) is 0.350. The van der Waals surface area contributed by atoms with Crippen molar-refractivity contribution < 1.29 is 0 Å². The van der Waals surface area contributed by atoms with Gasteiger partial charge in [0, 0.05) is 24.8 Å². The van der Waals surface area contributed by atoms with Crippen LogP contribution < -0.4 is 10.2 Å². The summed E-state index contributed by atoms with van der Waals surface area (Å²) < 4.78 is 1.58. The molecule has 1 aromatic heterocycles. The summed E-state index contributed by atoms with van der Waals surface area (Å²) in [6, 6.07) is 14.7. The predicted molar refractivity (Wildman–Crippen MR) is 111 cm³/mol. The molecule has 2 unspecified atom stereocenters. The van der Waals surface area contributed by atoms with Crippen LogP contribution in [0.15, 0.2) is 42.5 Å². The maximum absolute atomic E-state index is 6.34. The first kappa shape index (κ1) is 17.8. The van der Waals surface area contributed by atoms with Crippen LogP contribution in [-0.4, -0.2) is 32.8 Å². The second-order valence-electron chi connectivity index (χ2n) is 7.45. The van der Waals surface area contributed by atoms with Crippen molar-refractivity contribution in [1.82, 2.24) is 20.2 Å². The number of hydrogen-bond donors (Lipinski definition) is 1. The van der Waals surface area contributed by atoms with E-state index in [0.29, 0.717) is 34.3 Å². The lowest BCUT2D eigenvalue weighted by molar-refractivity contribution is 0.552. The van der Waals surface area contributed by atoms with Gasteiger partial charge < -0.3 is 10.2 Å². The molecule has 1 saturated heterocycles. The summed E-state index contributed by atoms with van der Waals surface area (Å²) in [5.74, 6) is 1.38. The molecule has 2 aliphatic rings. The Morgan fingerprint density at radius 1 is 1.04 bits per heavy atom. The fourth-order valence-electron chi connectivity index (χ4n) is 4.45. The van der Waals surface area contributed by atoms with Gasteiger partial charge in [0.1, 0.15) is 0 Å². The van der Waals surface area contributed by atoms with E-state index >= 15 is 0 Å². The number of hydrogen-bond acceptors (Lipinski definition) is 5. The highest BCUT2D eigenvalue weighted by Gasteiger charge is 2.38. The molecule has 2 bridgehead atoms. The van der Waals surface area contributed by atoms with E-state index in [1.54, 1.807) is 10.7 Å². The minimum absolute atomic E-state index is 0.424. The van der Waals surface area contributed by atoms with E-state index in [1.807, 2.05) is 12.1 Å². The van der Waals surface area contributed by atoms with Crippen molar-refractivity contribution in [3.8, 4) is 5.69 Å². The molecule has 1 N–H and O–H groups in total. The Morgan fingerprint density at radius 2 is 1.89 bits per heavy atom. The van der Waals surface area contributed by atoms with Crippen LogP contribution in [0.25, 0.3) is 5.69 Å². The Labute approximate surface area is 173 Å². The van der Waals surface area contributed by atoms with Gasteiger partial charge in [0.05, 0.1) is 15.7 Å². The largest absolute Gasteiger partial charge is 0.368 e. The highest BCUT2D eigenvalue weighted by Crippen LogP contribution is 2.41. The second kappa shape index (κ2) is 7.26. The molecule has 0 amide bonds. The van der Waals surface area contributed by atoms with Crippen molar-refractivity contribution in [2.75, 3.05) is 16.8 Å². The number of nitrogens with one attached hydrogen (secondary N) is 1. The summed E-state index contributed by atoms with van der Waals surface area (Å²) in [5.41, 5.74) is 3.19. The third-order valence-corrected chi connectivity index (χ3v) is 6.59. The van der Waals surface area contributed by atoms with Crippen molar-refractivity contribution >= 4 is 34.8 Å². The molecule has 2 fully saturated rings. The van der Waals surface area contributed by atoms with Gasteiger partial charge in [-0.2, -0.15) is 4.68 Å². The van der Waals surface area contributed by atoms with Crippen LogP contribution in [0.5, 0.6) is 0 Å². The molecule has 0 spiro atoms. The second-order valence-corrected chi connectivity index (χ2v) is 8.24. The third-order valence-electron chi connectivity index (χ3n) is 5.78. The van der Waals surface area contributed by atoms with E-state index in [0.717, 1.165) is 12.5 Å². The number of halogens is 2.